The Bertz CT molecular complexity index is 677. The lowest BCUT2D eigenvalue weighted by Gasteiger charge is -2.21. The summed E-state index contributed by atoms with van der Waals surface area (Å²) in [6.45, 7) is 2.87. The molecule has 26 heavy (non-hydrogen) atoms. The van der Waals surface area contributed by atoms with Crippen LogP contribution in [-0.2, 0) is 25.6 Å². The minimum Gasteiger partial charge on any atom is -0.480 e. The van der Waals surface area contributed by atoms with Gasteiger partial charge in [0.1, 0.15) is 23.7 Å². The number of nitrogens with one attached hydrogen (secondary N) is 2. The zero-order valence-corrected chi connectivity index (χ0v) is 14.8. The lowest BCUT2D eigenvalue weighted by Crippen LogP contribution is -2.52. The molecule has 2 amide bonds. The zero-order chi connectivity index (χ0) is 19.7. The Kier molecular flexibility index (Phi) is 8.41. The molecule has 1 aromatic rings. The number of carbonyl (C=O) groups excluding carboxylic acids is 3. The minimum atomic E-state index is -1.28. The Morgan fingerprint density at radius 1 is 1.12 bits per heavy atom. The number of amides is 2. The number of aliphatic carboxylic acids is 1. The van der Waals surface area contributed by atoms with E-state index < -0.39 is 35.7 Å². The molecule has 0 radical (unpaired) electrons. The smallest absolute Gasteiger partial charge is 0.326 e. The first-order chi connectivity index (χ1) is 12.2. The zero-order valence-electron chi connectivity index (χ0n) is 14.8. The Morgan fingerprint density at radius 2 is 1.77 bits per heavy atom. The van der Waals surface area contributed by atoms with Crippen molar-refractivity contribution in [1.82, 2.24) is 10.6 Å². The van der Waals surface area contributed by atoms with Gasteiger partial charge in [0.05, 0.1) is 0 Å². The lowest BCUT2D eigenvalue weighted by molar-refractivity contribution is -0.142. The van der Waals surface area contributed by atoms with Crippen molar-refractivity contribution in [2.45, 2.75) is 51.6 Å². The first-order valence-electron chi connectivity index (χ1n) is 8.30. The molecule has 0 fully saturated rings. The van der Waals surface area contributed by atoms with Gasteiger partial charge in [0, 0.05) is 26.2 Å². The summed E-state index contributed by atoms with van der Waals surface area (Å²) in [6, 6.07) is 3.40. The average molecular weight is 366 g/mol. The fraction of sp³-hybridized carbons (Fsp3) is 0.444. The van der Waals surface area contributed by atoms with Crippen molar-refractivity contribution in [3.8, 4) is 0 Å². The molecule has 1 rings (SSSR count). The van der Waals surface area contributed by atoms with Crippen molar-refractivity contribution in [3.05, 3.63) is 35.6 Å². The highest BCUT2D eigenvalue weighted by atomic mass is 19.1. The predicted molar refractivity (Wildman–Crippen MR) is 91.8 cm³/mol. The first kappa shape index (κ1) is 21.3. The van der Waals surface area contributed by atoms with E-state index in [0.29, 0.717) is 0 Å². The van der Waals surface area contributed by atoms with E-state index >= 15 is 0 Å². The Balaban J connectivity index is 2.86. The normalized spacial score (nSPS) is 12.7. The molecule has 0 aromatic heterocycles. The second kappa shape index (κ2) is 10.3. The second-order valence-electron chi connectivity index (χ2n) is 5.88. The number of hydrogen-bond acceptors (Lipinski definition) is 4. The third kappa shape index (κ3) is 7.00. The van der Waals surface area contributed by atoms with Gasteiger partial charge in [0.15, 0.2) is 0 Å². The van der Waals surface area contributed by atoms with Crippen LogP contribution in [0.2, 0.25) is 0 Å². The second-order valence-corrected chi connectivity index (χ2v) is 5.88. The summed E-state index contributed by atoms with van der Waals surface area (Å²) >= 11 is 0. The van der Waals surface area contributed by atoms with Gasteiger partial charge in [0.2, 0.25) is 11.8 Å². The van der Waals surface area contributed by atoms with Crippen LogP contribution < -0.4 is 10.6 Å². The largest absolute Gasteiger partial charge is 0.480 e. The average Bonchev–Trinajstić information content (AvgIpc) is 2.58. The van der Waals surface area contributed by atoms with Crippen LogP contribution in [0.3, 0.4) is 0 Å². The third-order valence-corrected chi connectivity index (χ3v) is 3.80. The molecule has 0 unspecified atom stereocenters. The van der Waals surface area contributed by atoms with Crippen LogP contribution >= 0.6 is 0 Å². The van der Waals surface area contributed by atoms with Gasteiger partial charge in [0.25, 0.3) is 0 Å². The van der Waals surface area contributed by atoms with Crippen LogP contribution in [-0.4, -0.2) is 40.8 Å². The molecule has 0 aliphatic heterocycles. The lowest BCUT2D eigenvalue weighted by atomic mass is 10.0. The highest BCUT2D eigenvalue weighted by molar-refractivity contribution is 5.90. The summed E-state index contributed by atoms with van der Waals surface area (Å²) in [4.78, 5) is 46.5. The van der Waals surface area contributed by atoms with Crippen LogP contribution in [0.1, 0.15) is 38.7 Å². The van der Waals surface area contributed by atoms with Crippen molar-refractivity contribution >= 4 is 23.6 Å². The third-order valence-electron chi connectivity index (χ3n) is 3.80. The van der Waals surface area contributed by atoms with Gasteiger partial charge < -0.3 is 15.7 Å². The molecule has 3 N–H and O–H groups in total. The predicted octanol–water partition coefficient (Wildman–Crippen LogP) is 1.20. The van der Waals surface area contributed by atoms with E-state index in [2.05, 4.69) is 10.6 Å². The van der Waals surface area contributed by atoms with Gasteiger partial charge in [-0.05, 0) is 18.1 Å². The summed E-state index contributed by atoms with van der Waals surface area (Å²) in [7, 11) is 0. The van der Waals surface area contributed by atoms with Gasteiger partial charge in [-0.15, -0.1) is 0 Å². The molecule has 8 heteroatoms. The molecular weight excluding hydrogens is 343 g/mol. The van der Waals surface area contributed by atoms with Crippen molar-refractivity contribution in [3.63, 3.8) is 0 Å². The Labute approximate surface area is 151 Å². The van der Waals surface area contributed by atoms with E-state index in [1.54, 1.807) is 13.0 Å². The van der Waals surface area contributed by atoms with E-state index in [0.717, 1.165) is 0 Å². The highest BCUT2D eigenvalue weighted by Crippen LogP contribution is 2.10. The van der Waals surface area contributed by atoms with E-state index in [4.69, 9.17) is 0 Å². The molecule has 0 spiro atoms. The number of carboxylic acid groups (broad SMARTS) is 1. The summed E-state index contributed by atoms with van der Waals surface area (Å²) in [5.41, 5.74) is 0.217. The number of carbonyl (C=O) groups is 4. The van der Waals surface area contributed by atoms with Gasteiger partial charge in [-0.2, -0.15) is 0 Å². The quantitative estimate of drug-likeness (QED) is 0.576. The molecule has 0 aliphatic rings. The van der Waals surface area contributed by atoms with Crippen LogP contribution in [0.25, 0.3) is 0 Å². The number of ketones is 1. The fourth-order valence-electron chi connectivity index (χ4n) is 2.35. The number of benzene rings is 1. The van der Waals surface area contributed by atoms with Crippen molar-refractivity contribution < 1.29 is 28.7 Å². The van der Waals surface area contributed by atoms with Crippen LogP contribution in [0.15, 0.2) is 24.3 Å². The van der Waals surface area contributed by atoms with Gasteiger partial charge >= 0.3 is 5.97 Å². The van der Waals surface area contributed by atoms with E-state index in [-0.39, 0.29) is 37.0 Å². The molecule has 0 aliphatic carbocycles. The van der Waals surface area contributed by atoms with Gasteiger partial charge in [-0.3, -0.25) is 14.4 Å². The molecule has 0 saturated carbocycles. The summed E-state index contributed by atoms with van der Waals surface area (Å²) in [5, 5.41) is 13.9. The van der Waals surface area contributed by atoms with Crippen LogP contribution in [0.5, 0.6) is 0 Å². The topological polar surface area (TPSA) is 113 Å². The number of Topliss-reactive ketones (excluding diaryl/α,β-unsaturated/α-hetero) is 1. The maximum Gasteiger partial charge on any atom is 0.326 e. The van der Waals surface area contributed by atoms with Gasteiger partial charge in [-0.25, -0.2) is 9.18 Å². The highest BCUT2D eigenvalue weighted by Gasteiger charge is 2.27. The van der Waals surface area contributed by atoms with Crippen LogP contribution in [0.4, 0.5) is 4.39 Å². The number of carboxylic acids is 1. The summed E-state index contributed by atoms with van der Waals surface area (Å²) in [6.07, 6.45) is 0.118. The number of rotatable bonds is 10. The van der Waals surface area contributed by atoms with E-state index in [9.17, 15) is 28.7 Å². The molecule has 0 saturated heterocycles. The summed E-state index contributed by atoms with van der Waals surface area (Å²) in [5.74, 6) is -3.18. The molecule has 0 heterocycles. The SMILES string of the molecule is CCC(=O)CC[C@H](NC(=O)[C@H](Cc1ccccc1F)NC(C)=O)C(=O)O. The molecule has 1 aromatic carbocycles. The van der Waals surface area contributed by atoms with Crippen LogP contribution in [0, 0.1) is 5.82 Å². The fourth-order valence-corrected chi connectivity index (χ4v) is 2.35. The molecule has 0 bridgehead atoms. The van der Waals surface area contributed by atoms with Crippen molar-refractivity contribution in [2.75, 3.05) is 0 Å². The Morgan fingerprint density at radius 3 is 2.31 bits per heavy atom. The van der Waals surface area contributed by atoms with E-state index in [1.807, 2.05) is 0 Å². The monoisotopic (exact) mass is 366 g/mol. The molecule has 2 atom stereocenters. The molecular formula is C18H23FN2O5. The summed E-state index contributed by atoms with van der Waals surface area (Å²) < 4.78 is 13.8. The van der Waals surface area contributed by atoms with Gasteiger partial charge in [-0.1, -0.05) is 25.1 Å². The van der Waals surface area contributed by atoms with Crippen molar-refractivity contribution in [2.24, 2.45) is 0 Å². The first-order valence-corrected chi connectivity index (χ1v) is 8.30. The Hall–Kier alpha value is -2.77. The standard InChI is InChI=1S/C18H23FN2O5/c1-3-13(23)8-9-15(18(25)26)21-17(24)16(20-11(2)22)10-12-6-4-5-7-14(12)19/h4-7,15-16H,3,8-10H2,1-2H3,(H,20,22)(H,21,24)(H,25,26)/t15-,16-/m0/s1. The number of hydrogen-bond donors (Lipinski definition) is 3. The molecule has 142 valence electrons. The minimum absolute atomic E-state index is 0.0197. The maximum atomic E-state index is 13.8. The van der Waals surface area contributed by atoms with Crippen molar-refractivity contribution in [1.29, 1.82) is 0 Å². The van der Waals surface area contributed by atoms with E-state index in [1.165, 1.54) is 25.1 Å². The maximum absolute atomic E-state index is 13.8. The number of halogens is 1. The molecule has 7 nitrogen and oxygen atoms in total.